The molecule has 5 aliphatic rings. The van der Waals surface area contributed by atoms with Gasteiger partial charge < -0.3 is 8.83 Å². The average Bonchev–Trinajstić information content (AvgIpc) is 1.51. The third kappa shape index (κ3) is 12.3. The fraction of sp³-hybridized carbons (Fsp3) is 0.351. The standard InChI is InChI=1S/C114H118O2/c1-11-15-19-23-38-62-113(63-39-24-20-16-12-2)92-49-35-30-44-81(92)84-60-55-78(71-97(84)113)77-54-59-82-83-61-56-79(72-95(83)110(5,6)94(82)70-77)90-73-98-101(103-88-46-32-36-50-99(88)115-108(90)103)87-58-53-75(69-96(87)114(98,64-40-25-21-17-13-3)65-41-26-22-18-14-4)67-80(76-42-28-27-29-43-76)66-74-52-57-86-93(68-74)112(9,10)106-102(86)104-89-47-33-37-51-100(89)116-109(104)105-85-45-31-34-48-91(85)111(7,8)107(105)106/h27-37,42-61,67-73H,11-26,38-41,62-66H2,1-10H3/b80-67-. The van der Waals surface area contributed by atoms with Crippen LogP contribution in [0.4, 0.5) is 0 Å². The maximum absolute atomic E-state index is 7.44. The van der Waals surface area contributed by atoms with Crippen molar-refractivity contribution in [2.24, 2.45) is 0 Å². The molecule has 2 nitrogen and oxygen atoms in total. The van der Waals surface area contributed by atoms with Gasteiger partial charge >= 0.3 is 0 Å². The summed E-state index contributed by atoms with van der Waals surface area (Å²) in [6, 6.07) is 88.1. The highest BCUT2D eigenvalue weighted by atomic mass is 16.3. The van der Waals surface area contributed by atoms with Crippen molar-refractivity contribution in [2.75, 3.05) is 0 Å². The first kappa shape index (κ1) is 76.0. The molecule has 0 bridgehead atoms. The van der Waals surface area contributed by atoms with Gasteiger partial charge in [0, 0.05) is 59.7 Å². The van der Waals surface area contributed by atoms with E-state index in [1.54, 1.807) is 11.1 Å². The monoisotopic (exact) mass is 1520 g/mol. The second kappa shape index (κ2) is 30.5. The van der Waals surface area contributed by atoms with Gasteiger partial charge in [0.15, 0.2) is 0 Å². The molecule has 5 aliphatic carbocycles. The normalized spacial score (nSPS) is 15.6. The van der Waals surface area contributed by atoms with E-state index in [1.165, 1.54) is 307 Å². The van der Waals surface area contributed by atoms with Crippen LogP contribution in [0.3, 0.4) is 0 Å². The predicted molar refractivity (Wildman–Crippen MR) is 495 cm³/mol. The van der Waals surface area contributed by atoms with Crippen molar-refractivity contribution in [3.63, 3.8) is 0 Å². The molecule has 0 amide bonds. The molecule has 116 heavy (non-hydrogen) atoms. The van der Waals surface area contributed by atoms with Gasteiger partial charge in [0.1, 0.15) is 22.3 Å². The Labute approximate surface area is 691 Å². The third-order valence-corrected chi connectivity index (χ3v) is 29.3. The Balaban J connectivity index is 0.716. The van der Waals surface area contributed by atoms with E-state index in [0.29, 0.717) is 0 Å². The molecule has 2 aromatic heterocycles. The lowest BCUT2D eigenvalue weighted by Gasteiger charge is -2.33. The SMILES string of the molecule is CCCCCCCC1(CCCCCCC)c2ccccc2-c2ccc(-c3ccc4c(c3)C(C)(C)c3cc(-c5cc6c(c7c5oc5ccccc57)-c5ccc(/C=C(/Cc7ccc8c(c7)C(C)(C)c7c9c(c%10oc%11ccccc%11c%10c7-8)-c7ccccc7C9(C)C)c7ccccc7)cc5C6(CCCCCCC)CCCCCCC)ccc3-4)cc21. The Bertz CT molecular complexity index is 6140. The highest BCUT2D eigenvalue weighted by Crippen LogP contribution is 2.65. The summed E-state index contributed by atoms with van der Waals surface area (Å²) in [5.41, 5.74) is 41.5. The highest BCUT2D eigenvalue weighted by Gasteiger charge is 2.50. The second-order valence-corrected chi connectivity index (χ2v) is 37.4. The minimum atomic E-state index is -0.287. The lowest BCUT2D eigenvalue weighted by atomic mass is 9.69. The lowest BCUT2D eigenvalue weighted by Crippen LogP contribution is -2.26. The predicted octanol–water partition coefficient (Wildman–Crippen LogP) is 33.5. The zero-order chi connectivity index (χ0) is 79.2. The van der Waals surface area contributed by atoms with Crippen LogP contribution in [0.25, 0.3) is 133 Å². The topological polar surface area (TPSA) is 26.3 Å². The van der Waals surface area contributed by atoms with Crippen LogP contribution in [-0.2, 0) is 33.5 Å². The number of rotatable bonds is 30. The molecule has 0 spiro atoms. The second-order valence-electron chi connectivity index (χ2n) is 37.4. The van der Waals surface area contributed by atoms with E-state index in [2.05, 4.69) is 300 Å². The van der Waals surface area contributed by atoms with Crippen LogP contribution in [0.1, 0.15) is 296 Å². The minimum absolute atomic E-state index is 0.0311. The fourth-order valence-corrected chi connectivity index (χ4v) is 23.3. The van der Waals surface area contributed by atoms with Gasteiger partial charge in [0.25, 0.3) is 0 Å². The maximum atomic E-state index is 7.44. The molecule has 2 heteroatoms. The molecule has 0 saturated carbocycles. The fourth-order valence-electron chi connectivity index (χ4n) is 23.3. The molecule has 0 unspecified atom stereocenters. The molecular weight excluding hydrogens is 1400 g/mol. The summed E-state index contributed by atoms with van der Waals surface area (Å²) in [7, 11) is 0. The third-order valence-electron chi connectivity index (χ3n) is 29.3. The first-order chi connectivity index (χ1) is 56.6. The lowest BCUT2D eigenvalue weighted by molar-refractivity contribution is 0.399. The first-order valence-corrected chi connectivity index (χ1v) is 45.3. The van der Waals surface area contributed by atoms with Crippen molar-refractivity contribution >= 4 is 55.5 Å². The summed E-state index contributed by atoms with van der Waals surface area (Å²) in [6.07, 6.45) is 33.4. The molecule has 19 rings (SSSR count). The van der Waals surface area contributed by atoms with E-state index in [0.717, 1.165) is 41.6 Å². The smallest absolute Gasteiger partial charge is 0.144 e. The van der Waals surface area contributed by atoms with Crippen LogP contribution in [-0.4, -0.2) is 0 Å². The van der Waals surface area contributed by atoms with E-state index >= 15 is 0 Å². The zero-order valence-corrected chi connectivity index (χ0v) is 70.9. The summed E-state index contributed by atoms with van der Waals surface area (Å²) in [6.45, 7) is 24.3. The van der Waals surface area contributed by atoms with Gasteiger partial charge in [-0.2, -0.15) is 0 Å². The molecule has 2 heterocycles. The Kier molecular flexibility index (Phi) is 20.0. The number of para-hydroxylation sites is 2. The van der Waals surface area contributed by atoms with Gasteiger partial charge in [0.05, 0.1) is 0 Å². The molecule has 0 radical (unpaired) electrons. The molecule has 586 valence electrons. The van der Waals surface area contributed by atoms with Gasteiger partial charge in [-0.3, -0.25) is 0 Å². The van der Waals surface area contributed by atoms with Crippen LogP contribution in [0, 0.1) is 0 Å². The van der Waals surface area contributed by atoms with Gasteiger partial charge in [-0.25, -0.2) is 0 Å². The van der Waals surface area contributed by atoms with Crippen molar-refractivity contribution < 1.29 is 8.83 Å². The molecule has 0 saturated heterocycles. The summed E-state index contributed by atoms with van der Waals surface area (Å²) < 4.78 is 14.5. The van der Waals surface area contributed by atoms with Crippen molar-refractivity contribution in [1.82, 2.24) is 0 Å². The van der Waals surface area contributed by atoms with Crippen LogP contribution in [0.15, 0.2) is 233 Å². The van der Waals surface area contributed by atoms with Crippen LogP contribution in [0.2, 0.25) is 0 Å². The number of allylic oxidation sites excluding steroid dienone is 1. The number of unbranched alkanes of at least 4 members (excludes halogenated alkanes) is 16. The van der Waals surface area contributed by atoms with E-state index < -0.39 is 0 Å². The van der Waals surface area contributed by atoms with Crippen LogP contribution < -0.4 is 0 Å². The number of furan rings is 2. The number of hydrogen-bond acceptors (Lipinski definition) is 2. The van der Waals surface area contributed by atoms with Gasteiger partial charge in [-0.1, -0.05) is 392 Å². The van der Waals surface area contributed by atoms with E-state index in [9.17, 15) is 0 Å². The van der Waals surface area contributed by atoms with Gasteiger partial charge in [-0.05, 0) is 213 Å². The van der Waals surface area contributed by atoms with E-state index in [-0.39, 0.29) is 27.1 Å². The highest BCUT2D eigenvalue weighted by molar-refractivity contribution is 6.22. The molecule has 0 atom stereocenters. The number of benzene rings is 12. The van der Waals surface area contributed by atoms with E-state index in [1.807, 2.05) is 0 Å². The Morgan fingerprint density at radius 1 is 0.293 bits per heavy atom. The molecule has 14 aromatic rings. The summed E-state index contributed by atoms with van der Waals surface area (Å²) in [5.74, 6) is 0. The zero-order valence-electron chi connectivity index (χ0n) is 70.9. The summed E-state index contributed by atoms with van der Waals surface area (Å²) in [5, 5.41) is 4.92. The van der Waals surface area contributed by atoms with Gasteiger partial charge in [-0.15, -0.1) is 0 Å². The largest absolute Gasteiger partial charge is 0.455 e. The quantitative estimate of drug-likeness (QED) is 0.0331. The summed E-state index contributed by atoms with van der Waals surface area (Å²) in [4.78, 5) is 0. The number of fused-ring (bicyclic) bond motifs is 25. The summed E-state index contributed by atoms with van der Waals surface area (Å²) >= 11 is 0. The average molecular weight is 1520 g/mol. The van der Waals surface area contributed by atoms with Crippen LogP contribution in [0.5, 0.6) is 0 Å². The van der Waals surface area contributed by atoms with Crippen molar-refractivity contribution in [2.45, 2.75) is 257 Å². The van der Waals surface area contributed by atoms with Gasteiger partial charge in [0.2, 0.25) is 0 Å². The number of hydrogen-bond donors (Lipinski definition) is 0. The van der Waals surface area contributed by atoms with Crippen LogP contribution >= 0.6 is 0 Å². The van der Waals surface area contributed by atoms with Crippen molar-refractivity contribution in [3.8, 4) is 77.9 Å². The minimum Gasteiger partial charge on any atom is -0.455 e. The molecular formula is C114H118O2. The van der Waals surface area contributed by atoms with Crippen molar-refractivity contribution in [1.29, 1.82) is 0 Å². The molecule has 0 aliphatic heterocycles. The maximum Gasteiger partial charge on any atom is 0.144 e. The Morgan fingerprint density at radius 3 is 1.33 bits per heavy atom. The van der Waals surface area contributed by atoms with E-state index in [4.69, 9.17) is 8.83 Å². The molecule has 0 fully saturated rings. The molecule has 0 N–H and O–H groups in total. The van der Waals surface area contributed by atoms with Crippen molar-refractivity contribution in [3.05, 3.63) is 297 Å². The Hall–Kier alpha value is -10.0. The Morgan fingerprint density at radius 2 is 0.716 bits per heavy atom. The first-order valence-electron chi connectivity index (χ1n) is 45.3. The molecule has 12 aromatic carbocycles.